The molecule has 0 bridgehead atoms. The minimum Gasteiger partial charge on any atom is -0.359 e. The predicted molar refractivity (Wildman–Crippen MR) is 151 cm³/mol. The number of thiophene rings is 1. The highest BCUT2D eigenvalue weighted by Gasteiger charge is 2.28. The number of aromatic nitrogens is 2. The molecule has 1 saturated carbocycles. The second-order valence-electron chi connectivity index (χ2n) is 9.51. The van der Waals surface area contributed by atoms with Crippen molar-refractivity contribution in [3.63, 3.8) is 0 Å². The molecule has 1 aromatic carbocycles. The predicted octanol–water partition coefficient (Wildman–Crippen LogP) is 6.78. The third kappa shape index (κ3) is 5.00. The molecular weight excluding hydrogens is 510 g/mol. The van der Waals surface area contributed by atoms with E-state index in [9.17, 15) is 4.79 Å². The number of thiazole rings is 1. The van der Waals surface area contributed by atoms with Crippen molar-refractivity contribution in [1.29, 1.82) is 0 Å². The van der Waals surface area contributed by atoms with E-state index in [1.54, 1.807) is 35.1 Å². The maximum atomic E-state index is 13.1. The molecule has 1 aliphatic carbocycles. The third-order valence-electron chi connectivity index (χ3n) is 7.23. The highest BCUT2D eigenvalue weighted by atomic mass is 35.5. The number of benzene rings is 1. The van der Waals surface area contributed by atoms with E-state index in [1.807, 2.05) is 35.7 Å². The van der Waals surface area contributed by atoms with Gasteiger partial charge in [-0.25, -0.2) is 4.98 Å². The Bertz CT molecular complexity index is 1370. The van der Waals surface area contributed by atoms with Crippen molar-refractivity contribution in [2.24, 2.45) is 0 Å². The van der Waals surface area contributed by atoms with E-state index in [2.05, 4.69) is 20.1 Å². The first-order valence-electron chi connectivity index (χ1n) is 12.5. The summed E-state index contributed by atoms with van der Waals surface area (Å²) in [4.78, 5) is 28.3. The van der Waals surface area contributed by atoms with Crippen molar-refractivity contribution in [3.05, 3.63) is 58.7 Å². The summed E-state index contributed by atoms with van der Waals surface area (Å²) in [5.74, 6) is -0.160. The zero-order chi connectivity index (χ0) is 24.5. The van der Waals surface area contributed by atoms with E-state index in [1.165, 1.54) is 32.1 Å². The van der Waals surface area contributed by atoms with Crippen molar-refractivity contribution in [3.8, 4) is 10.6 Å². The van der Waals surface area contributed by atoms with E-state index < -0.39 is 0 Å². The van der Waals surface area contributed by atoms with Gasteiger partial charge < -0.3 is 4.90 Å². The smallest absolute Gasteiger partial charge is 0.257 e. The number of pyridine rings is 1. The number of carbonyl (C=O) groups excluding carboxylic acids is 1. The number of nitrogens with zero attached hydrogens (tertiary/aromatic N) is 4. The Kier molecular flexibility index (Phi) is 6.93. The summed E-state index contributed by atoms with van der Waals surface area (Å²) in [5.41, 5.74) is 1.51. The molecule has 9 heteroatoms. The van der Waals surface area contributed by atoms with Gasteiger partial charge in [0.05, 0.1) is 9.90 Å². The fourth-order valence-electron chi connectivity index (χ4n) is 5.31. The second-order valence-corrected chi connectivity index (χ2v) is 11.8. The van der Waals surface area contributed by atoms with Gasteiger partial charge >= 0.3 is 0 Å². The second kappa shape index (κ2) is 10.5. The summed E-state index contributed by atoms with van der Waals surface area (Å²) in [6, 6.07) is 10.3. The van der Waals surface area contributed by atoms with Crippen molar-refractivity contribution in [2.45, 2.75) is 38.1 Å². The average Bonchev–Trinajstić information content (AvgIpc) is 3.55. The van der Waals surface area contributed by atoms with Gasteiger partial charge in [-0.2, -0.15) is 0 Å². The van der Waals surface area contributed by atoms with Crippen LogP contribution in [0.15, 0.2) is 48.1 Å². The number of amides is 1. The largest absolute Gasteiger partial charge is 0.359 e. The number of rotatable bonds is 5. The van der Waals surface area contributed by atoms with Crippen LogP contribution in [0.4, 0.5) is 10.1 Å². The van der Waals surface area contributed by atoms with Crippen LogP contribution in [0.1, 0.15) is 42.5 Å². The van der Waals surface area contributed by atoms with Crippen LogP contribution < -0.4 is 10.2 Å². The summed E-state index contributed by atoms with van der Waals surface area (Å²) >= 11 is 9.41. The molecule has 2 fully saturated rings. The Labute approximate surface area is 223 Å². The number of halogens is 1. The molecule has 36 heavy (non-hydrogen) atoms. The molecule has 1 amide bonds. The van der Waals surface area contributed by atoms with Gasteiger partial charge in [0.15, 0.2) is 5.13 Å². The number of hydrogen-bond acceptors (Lipinski definition) is 7. The quantitative estimate of drug-likeness (QED) is 0.304. The highest BCUT2D eigenvalue weighted by molar-refractivity contribution is 7.21. The van der Waals surface area contributed by atoms with Gasteiger partial charge in [0.2, 0.25) is 0 Å². The lowest BCUT2D eigenvalue weighted by molar-refractivity contribution is 0.102. The Balaban J connectivity index is 1.23. The summed E-state index contributed by atoms with van der Waals surface area (Å²) in [6.07, 6.45) is 10.3. The third-order valence-corrected chi connectivity index (χ3v) is 9.54. The molecule has 0 unspecified atom stereocenters. The number of nitrogens with one attached hydrogen (secondary N) is 1. The molecule has 4 heterocycles. The molecular formula is C27H28ClN5OS2. The maximum absolute atomic E-state index is 13.1. The minimum absolute atomic E-state index is 0.160. The summed E-state index contributed by atoms with van der Waals surface area (Å²) in [7, 11) is 0. The molecule has 3 aromatic heterocycles. The summed E-state index contributed by atoms with van der Waals surface area (Å²) < 4.78 is 0. The fourth-order valence-corrected chi connectivity index (χ4v) is 7.46. The van der Waals surface area contributed by atoms with Crippen molar-refractivity contribution in [2.75, 3.05) is 36.4 Å². The molecule has 6 rings (SSSR count). The van der Waals surface area contributed by atoms with Crippen LogP contribution in [0.2, 0.25) is 5.02 Å². The molecule has 0 spiro atoms. The van der Waals surface area contributed by atoms with E-state index in [-0.39, 0.29) is 5.91 Å². The molecule has 186 valence electrons. The van der Waals surface area contributed by atoms with Gasteiger partial charge in [0, 0.05) is 60.9 Å². The first kappa shape index (κ1) is 23.9. The van der Waals surface area contributed by atoms with E-state index in [0.717, 1.165) is 58.6 Å². The molecule has 1 saturated heterocycles. The minimum atomic E-state index is -0.160. The normalized spacial score (nSPS) is 17.5. The summed E-state index contributed by atoms with van der Waals surface area (Å²) in [5, 5.41) is 9.41. The molecule has 0 radical (unpaired) electrons. The van der Waals surface area contributed by atoms with Crippen LogP contribution in [0.5, 0.6) is 0 Å². The van der Waals surface area contributed by atoms with Gasteiger partial charge in [-0.05, 0) is 42.5 Å². The van der Waals surface area contributed by atoms with Crippen LogP contribution in [0.3, 0.4) is 0 Å². The van der Waals surface area contributed by atoms with Crippen LogP contribution in [0, 0.1) is 0 Å². The van der Waals surface area contributed by atoms with Crippen LogP contribution in [-0.2, 0) is 0 Å². The molecule has 2 aliphatic rings. The molecule has 0 atom stereocenters. The SMILES string of the molecule is O=C(Nc1nc(-c2cc(Cl)cs2)c(N2CCN(C3CCCCC3)CC2)s1)c1ccc2cnccc2c1. The number of fused-ring (bicyclic) bond motifs is 1. The van der Waals surface area contributed by atoms with E-state index in [0.29, 0.717) is 15.7 Å². The Morgan fingerprint density at radius 2 is 1.86 bits per heavy atom. The lowest BCUT2D eigenvalue weighted by Crippen LogP contribution is -2.50. The standard InChI is InChI=1S/C27H28ClN5OS2/c28-21-15-23(35-17-21)24-26(33-12-10-32(11-13-33)22-4-2-1-3-5-22)36-27(30-24)31-25(34)19-6-7-20-16-29-9-8-18(20)14-19/h6-9,14-17,22H,1-5,10-13H2,(H,30,31,34). The monoisotopic (exact) mass is 537 g/mol. The average molecular weight is 538 g/mol. The summed E-state index contributed by atoms with van der Waals surface area (Å²) in [6.45, 7) is 4.08. The van der Waals surface area contributed by atoms with Crippen molar-refractivity contribution < 1.29 is 4.79 Å². The number of anilines is 2. The fraction of sp³-hybridized carbons (Fsp3) is 0.370. The highest BCUT2D eigenvalue weighted by Crippen LogP contribution is 2.42. The molecule has 1 aliphatic heterocycles. The van der Waals surface area contributed by atoms with Gasteiger partial charge in [-0.3, -0.25) is 20.0 Å². The topological polar surface area (TPSA) is 61.4 Å². The van der Waals surface area contributed by atoms with Gasteiger partial charge in [-0.15, -0.1) is 11.3 Å². The van der Waals surface area contributed by atoms with Crippen LogP contribution >= 0.6 is 34.3 Å². The lowest BCUT2D eigenvalue weighted by atomic mass is 9.94. The van der Waals surface area contributed by atoms with Crippen LogP contribution in [0.25, 0.3) is 21.3 Å². The van der Waals surface area contributed by atoms with Crippen molar-refractivity contribution >= 4 is 61.1 Å². The van der Waals surface area contributed by atoms with Gasteiger partial charge in [-0.1, -0.05) is 48.3 Å². The Hall–Kier alpha value is -2.52. The number of piperazine rings is 1. The van der Waals surface area contributed by atoms with E-state index in [4.69, 9.17) is 16.6 Å². The molecule has 4 aromatic rings. The molecule has 6 nitrogen and oxygen atoms in total. The Morgan fingerprint density at radius 1 is 1.03 bits per heavy atom. The zero-order valence-corrected chi connectivity index (χ0v) is 22.3. The zero-order valence-electron chi connectivity index (χ0n) is 20.0. The van der Waals surface area contributed by atoms with Gasteiger partial charge in [0.1, 0.15) is 10.7 Å². The van der Waals surface area contributed by atoms with Crippen molar-refractivity contribution in [1.82, 2.24) is 14.9 Å². The Morgan fingerprint density at radius 3 is 2.64 bits per heavy atom. The number of carbonyl (C=O) groups is 1. The number of hydrogen-bond donors (Lipinski definition) is 1. The first-order chi connectivity index (χ1) is 17.6. The van der Waals surface area contributed by atoms with Crippen LogP contribution in [-0.4, -0.2) is 53.0 Å². The van der Waals surface area contributed by atoms with Gasteiger partial charge in [0.25, 0.3) is 5.91 Å². The first-order valence-corrected chi connectivity index (χ1v) is 14.6. The lowest BCUT2D eigenvalue weighted by Gasteiger charge is -2.41. The van der Waals surface area contributed by atoms with E-state index >= 15 is 0 Å². The molecule has 1 N–H and O–H groups in total. The maximum Gasteiger partial charge on any atom is 0.257 e.